The molecule has 2 atom stereocenters. The molecular weight excluding hydrogens is 268 g/mol. The quantitative estimate of drug-likeness (QED) is 0.808. The number of carbonyl (C=O) groups excluding carboxylic acids is 2. The Kier molecular flexibility index (Phi) is 3.15. The molecule has 1 aromatic carbocycles. The second-order valence-electron chi connectivity index (χ2n) is 6.72. The molecule has 2 bridgehead atoms. The van der Waals surface area contributed by atoms with Crippen LogP contribution < -0.4 is 5.32 Å². The number of carbonyl (C=O) groups is 2. The molecule has 0 spiro atoms. The van der Waals surface area contributed by atoms with Gasteiger partial charge < -0.3 is 15.0 Å². The van der Waals surface area contributed by atoms with Gasteiger partial charge in [-0.1, -0.05) is 32.9 Å². The van der Waals surface area contributed by atoms with E-state index in [4.69, 9.17) is 4.74 Å². The molecule has 0 aliphatic carbocycles. The topological polar surface area (TPSA) is 58.6 Å². The molecule has 0 radical (unpaired) electrons. The zero-order valence-electron chi connectivity index (χ0n) is 12.6. The number of nitrogens with zero attached hydrogens (tertiary/aromatic N) is 1. The maximum Gasteiger partial charge on any atom is 0.329 e. The first-order chi connectivity index (χ1) is 9.84. The molecule has 112 valence electrons. The number of esters is 1. The Morgan fingerprint density at radius 3 is 2.48 bits per heavy atom. The second-order valence-corrected chi connectivity index (χ2v) is 6.72. The predicted octanol–water partition coefficient (Wildman–Crippen LogP) is 2.52. The molecule has 5 nitrogen and oxygen atoms in total. The minimum absolute atomic E-state index is 0.0837. The number of fused-ring (bicyclic) bond motifs is 2. The number of amides is 2. The van der Waals surface area contributed by atoms with Crippen LogP contribution in [0.5, 0.6) is 0 Å². The van der Waals surface area contributed by atoms with Gasteiger partial charge in [0.15, 0.2) is 0 Å². The number of ether oxygens (including phenoxy) is 1. The lowest BCUT2D eigenvalue weighted by atomic mass is 9.87. The predicted molar refractivity (Wildman–Crippen MR) is 79.2 cm³/mol. The average molecular weight is 288 g/mol. The summed E-state index contributed by atoms with van der Waals surface area (Å²) < 4.78 is 5.08. The fourth-order valence-corrected chi connectivity index (χ4v) is 2.82. The summed E-state index contributed by atoms with van der Waals surface area (Å²) in [6.07, 6.45) is 0.492. The number of urea groups is 1. The van der Waals surface area contributed by atoms with Crippen molar-refractivity contribution in [3.05, 3.63) is 29.8 Å². The Labute approximate surface area is 124 Å². The van der Waals surface area contributed by atoms with Gasteiger partial charge >= 0.3 is 12.0 Å². The van der Waals surface area contributed by atoms with Crippen molar-refractivity contribution in [3.8, 4) is 0 Å². The Balaban J connectivity index is 1.67. The largest absolute Gasteiger partial charge is 0.459 e. The Hall–Kier alpha value is -2.04. The van der Waals surface area contributed by atoms with E-state index in [1.54, 1.807) is 4.90 Å². The first kappa shape index (κ1) is 13.9. The van der Waals surface area contributed by atoms with E-state index in [9.17, 15) is 9.59 Å². The zero-order valence-corrected chi connectivity index (χ0v) is 12.6. The Morgan fingerprint density at radius 1 is 1.29 bits per heavy atom. The lowest BCUT2D eigenvalue weighted by Crippen LogP contribution is -2.46. The van der Waals surface area contributed by atoms with Crippen molar-refractivity contribution in [1.29, 1.82) is 0 Å². The minimum atomic E-state index is -0.413. The van der Waals surface area contributed by atoms with Crippen molar-refractivity contribution in [1.82, 2.24) is 4.90 Å². The van der Waals surface area contributed by atoms with Crippen molar-refractivity contribution in [3.63, 3.8) is 0 Å². The van der Waals surface area contributed by atoms with Crippen LogP contribution in [0.1, 0.15) is 32.8 Å². The van der Waals surface area contributed by atoms with Gasteiger partial charge in [0.2, 0.25) is 0 Å². The summed E-state index contributed by atoms with van der Waals surface area (Å²) in [5.41, 5.74) is 2.04. The summed E-state index contributed by atoms with van der Waals surface area (Å²) in [5.74, 6) is -0.288. The summed E-state index contributed by atoms with van der Waals surface area (Å²) in [5, 5.41) is 2.85. The van der Waals surface area contributed by atoms with Crippen LogP contribution in [0.15, 0.2) is 24.3 Å². The molecule has 2 fully saturated rings. The molecule has 0 saturated carbocycles. The maximum atomic E-state index is 12.2. The number of hydrogen-bond acceptors (Lipinski definition) is 3. The van der Waals surface area contributed by atoms with E-state index < -0.39 is 6.04 Å². The highest BCUT2D eigenvalue weighted by Crippen LogP contribution is 2.29. The van der Waals surface area contributed by atoms with Crippen LogP contribution in [0.3, 0.4) is 0 Å². The molecule has 2 amide bonds. The normalized spacial score (nSPS) is 24.1. The van der Waals surface area contributed by atoms with Crippen molar-refractivity contribution < 1.29 is 14.3 Å². The Bertz CT molecular complexity index is 574. The lowest BCUT2D eigenvalue weighted by Gasteiger charge is -2.26. The molecule has 2 aliphatic heterocycles. The molecular formula is C16H20N2O3. The van der Waals surface area contributed by atoms with Gasteiger partial charge in [0.1, 0.15) is 12.1 Å². The van der Waals surface area contributed by atoms with Crippen molar-refractivity contribution in [2.75, 3.05) is 11.9 Å². The van der Waals surface area contributed by atoms with Crippen LogP contribution in [-0.2, 0) is 14.9 Å². The molecule has 2 saturated heterocycles. The van der Waals surface area contributed by atoms with Crippen LogP contribution in [0.25, 0.3) is 0 Å². The molecule has 0 aromatic heterocycles. The summed E-state index contributed by atoms with van der Waals surface area (Å²) in [6, 6.07) is 7.17. The fourth-order valence-electron chi connectivity index (χ4n) is 2.82. The van der Waals surface area contributed by atoms with E-state index in [-0.39, 0.29) is 23.5 Å². The maximum absolute atomic E-state index is 12.2. The van der Waals surface area contributed by atoms with E-state index in [0.717, 1.165) is 5.69 Å². The highest BCUT2D eigenvalue weighted by atomic mass is 16.6. The van der Waals surface area contributed by atoms with Crippen LogP contribution in [0.2, 0.25) is 0 Å². The van der Waals surface area contributed by atoms with E-state index in [2.05, 4.69) is 26.1 Å². The molecule has 3 rings (SSSR count). The monoisotopic (exact) mass is 288 g/mol. The van der Waals surface area contributed by atoms with Gasteiger partial charge in [-0.15, -0.1) is 0 Å². The third kappa shape index (κ3) is 2.60. The molecule has 5 heteroatoms. The van der Waals surface area contributed by atoms with E-state index in [1.165, 1.54) is 5.56 Å². The smallest absolute Gasteiger partial charge is 0.329 e. The molecule has 0 unspecified atom stereocenters. The van der Waals surface area contributed by atoms with Gasteiger partial charge in [0.25, 0.3) is 0 Å². The summed E-state index contributed by atoms with van der Waals surface area (Å²) in [4.78, 5) is 25.3. The van der Waals surface area contributed by atoms with Gasteiger partial charge in [-0.3, -0.25) is 0 Å². The van der Waals surface area contributed by atoms with Crippen molar-refractivity contribution in [2.24, 2.45) is 0 Å². The van der Waals surface area contributed by atoms with Gasteiger partial charge in [-0.2, -0.15) is 0 Å². The highest BCUT2D eigenvalue weighted by Gasteiger charge is 2.48. The van der Waals surface area contributed by atoms with Gasteiger partial charge in [0.05, 0.1) is 6.54 Å². The number of anilines is 1. The molecule has 2 aliphatic rings. The highest BCUT2D eigenvalue weighted by molar-refractivity contribution is 5.94. The molecule has 2 heterocycles. The first-order valence-electron chi connectivity index (χ1n) is 7.23. The number of nitrogens with one attached hydrogen (secondary N) is 1. The number of rotatable bonds is 1. The van der Waals surface area contributed by atoms with Crippen LogP contribution in [-0.4, -0.2) is 35.6 Å². The average Bonchev–Trinajstić information content (AvgIpc) is 2.97. The standard InChI is InChI=1S/C16H20N2O3/c1-16(2,3)10-4-6-11(7-5-10)17-15(20)18-9-12-8-13(18)14(19)21-12/h4-7,12-13H,8-9H2,1-3H3,(H,17,20)/t12-,13+/m1/s1. The number of benzene rings is 1. The third-order valence-corrected chi connectivity index (χ3v) is 4.08. The molecule has 21 heavy (non-hydrogen) atoms. The van der Waals surface area contributed by atoms with Gasteiger partial charge in [-0.05, 0) is 23.1 Å². The van der Waals surface area contributed by atoms with E-state index >= 15 is 0 Å². The summed E-state index contributed by atoms with van der Waals surface area (Å²) in [6.45, 7) is 6.93. The van der Waals surface area contributed by atoms with Crippen LogP contribution in [0, 0.1) is 0 Å². The van der Waals surface area contributed by atoms with Crippen LogP contribution in [0.4, 0.5) is 10.5 Å². The number of hydrogen-bond donors (Lipinski definition) is 1. The van der Waals surface area contributed by atoms with E-state index in [0.29, 0.717) is 13.0 Å². The second kappa shape index (κ2) is 4.76. The lowest BCUT2D eigenvalue weighted by molar-refractivity contribution is -0.149. The van der Waals surface area contributed by atoms with Gasteiger partial charge in [0, 0.05) is 12.1 Å². The molecule has 1 N–H and O–H groups in total. The third-order valence-electron chi connectivity index (χ3n) is 4.08. The summed E-state index contributed by atoms with van der Waals surface area (Å²) in [7, 11) is 0. The number of likely N-dealkylation sites (tertiary alicyclic amines) is 1. The Morgan fingerprint density at radius 2 is 1.95 bits per heavy atom. The number of morpholine rings is 1. The SMILES string of the molecule is CC(C)(C)c1ccc(NC(=O)N2C[C@H]3C[C@H]2C(=O)O3)cc1. The van der Waals surface area contributed by atoms with Crippen molar-refractivity contribution >= 4 is 17.7 Å². The first-order valence-corrected chi connectivity index (χ1v) is 7.23. The fraction of sp³-hybridized carbons (Fsp3) is 0.500. The van der Waals surface area contributed by atoms with Gasteiger partial charge in [-0.25, -0.2) is 9.59 Å². The minimum Gasteiger partial charge on any atom is -0.459 e. The molecule has 1 aromatic rings. The van der Waals surface area contributed by atoms with Crippen molar-refractivity contribution in [2.45, 2.75) is 44.8 Å². The van der Waals surface area contributed by atoms with Crippen LogP contribution >= 0.6 is 0 Å². The summed E-state index contributed by atoms with van der Waals surface area (Å²) >= 11 is 0. The zero-order chi connectivity index (χ0) is 15.2. The van der Waals surface area contributed by atoms with E-state index in [1.807, 2.05) is 24.3 Å².